The summed E-state index contributed by atoms with van der Waals surface area (Å²) in [5.74, 6) is 0.797. The number of hydrogen-bond acceptors (Lipinski definition) is 5. The number of rotatable bonds is 5. The van der Waals surface area contributed by atoms with Crippen molar-refractivity contribution in [3.8, 4) is 11.8 Å². The molecule has 0 fully saturated rings. The van der Waals surface area contributed by atoms with Crippen LogP contribution in [0.4, 0.5) is 5.82 Å². The van der Waals surface area contributed by atoms with Crippen LogP contribution in [0.3, 0.4) is 0 Å². The van der Waals surface area contributed by atoms with Crippen molar-refractivity contribution in [2.75, 3.05) is 16.7 Å². The van der Waals surface area contributed by atoms with E-state index in [0.717, 1.165) is 17.7 Å². The molecule has 0 spiro atoms. The van der Waals surface area contributed by atoms with Gasteiger partial charge in [-0.1, -0.05) is 25.1 Å². The number of aromatic nitrogens is 2. The first-order chi connectivity index (χ1) is 9.96. The van der Waals surface area contributed by atoms with Crippen LogP contribution in [0.15, 0.2) is 35.4 Å². The summed E-state index contributed by atoms with van der Waals surface area (Å²) >= 11 is 1.44. The second kappa shape index (κ2) is 6.20. The van der Waals surface area contributed by atoms with Gasteiger partial charge in [-0.3, -0.25) is 4.72 Å². The topological polar surface area (TPSA) is 87.8 Å². The number of hydrogen-bond donors (Lipinski definition) is 1. The van der Waals surface area contributed by atoms with Crippen molar-refractivity contribution in [2.24, 2.45) is 0 Å². The van der Waals surface area contributed by atoms with E-state index < -0.39 is 10.0 Å². The van der Waals surface area contributed by atoms with E-state index in [1.54, 1.807) is 4.68 Å². The van der Waals surface area contributed by atoms with Gasteiger partial charge >= 0.3 is 0 Å². The Labute approximate surface area is 127 Å². The highest BCUT2D eigenvalue weighted by atomic mass is 32.2. The van der Waals surface area contributed by atoms with Gasteiger partial charge in [0.1, 0.15) is 16.7 Å². The summed E-state index contributed by atoms with van der Waals surface area (Å²) in [6.45, 7) is 1.96. The lowest BCUT2D eigenvalue weighted by molar-refractivity contribution is 0.606. The van der Waals surface area contributed by atoms with Gasteiger partial charge in [0.05, 0.1) is 11.9 Å². The number of nitrogens with one attached hydrogen (secondary N) is 1. The third-order valence-corrected chi connectivity index (χ3v) is 4.02. The van der Waals surface area contributed by atoms with Crippen LogP contribution in [0.25, 0.3) is 5.69 Å². The number of anilines is 1. The van der Waals surface area contributed by atoms with Crippen molar-refractivity contribution in [2.45, 2.75) is 11.9 Å². The van der Waals surface area contributed by atoms with E-state index >= 15 is 0 Å². The zero-order chi connectivity index (χ0) is 15.5. The largest absolute Gasteiger partial charge is 0.265 e. The molecular weight excluding hydrogens is 308 g/mol. The smallest absolute Gasteiger partial charge is 0.231 e. The van der Waals surface area contributed by atoms with Crippen molar-refractivity contribution < 1.29 is 8.42 Å². The van der Waals surface area contributed by atoms with Crippen molar-refractivity contribution in [1.82, 2.24) is 9.78 Å². The molecule has 2 rings (SSSR count). The monoisotopic (exact) mass is 322 g/mol. The number of para-hydroxylation sites is 1. The van der Waals surface area contributed by atoms with Crippen molar-refractivity contribution >= 4 is 27.6 Å². The van der Waals surface area contributed by atoms with Gasteiger partial charge in [-0.2, -0.15) is 5.26 Å². The highest BCUT2D eigenvalue weighted by Gasteiger charge is 2.21. The normalized spacial score (nSPS) is 11.1. The standard InChI is InChI=1S/C13H14N4O2S2/c1-3-20-13-11(9-14)12(16-21(2,18)19)15-17(13)10-7-5-4-6-8-10/h4-8H,3H2,1-2H3,(H,15,16). The summed E-state index contributed by atoms with van der Waals surface area (Å²) in [5.41, 5.74) is 1.00. The zero-order valence-electron chi connectivity index (χ0n) is 11.6. The van der Waals surface area contributed by atoms with Gasteiger partial charge in [0, 0.05) is 0 Å². The molecule has 2 aromatic rings. The van der Waals surface area contributed by atoms with E-state index in [1.807, 2.05) is 43.3 Å². The average molecular weight is 322 g/mol. The van der Waals surface area contributed by atoms with Crippen LogP contribution < -0.4 is 4.72 Å². The lowest BCUT2D eigenvalue weighted by atomic mass is 10.3. The molecule has 0 amide bonds. The van der Waals surface area contributed by atoms with Gasteiger partial charge in [-0.05, 0) is 17.9 Å². The fourth-order valence-corrected chi connectivity index (χ4v) is 3.09. The second-order valence-corrected chi connectivity index (χ2v) is 7.20. The fraction of sp³-hybridized carbons (Fsp3) is 0.231. The molecular formula is C13H14N4O2S2. The SMILES string of the molecule is CCSc1c(C#N)c(NS(C)(=O)=O)nn1-c1ccccc1. The molecule has 0 aliphatic rings. The van der Waals surface area contributed by atoms with Crippen LogP contribution >= 0.6 is 11.8 Å². The molecule has 1 aromatic carbocycles. The molecule has 1 N–H and O–H groups in total. The Morgan fingerprint density at radius 2 is 2.05 bits per heavy atom. The molecule has 0 aliphatic heterocycles. The molecule has 0 saturated carbocycles. The van der Waals surface area contributed by atoms with E-state index in [9.17, 15) is 13.7 Å². The fourth-order valence-electron chi connectivity index (χ4n) is 1.76. The second-order valence-electron chi connectivity index (χ2n) is 4.20. The minimum atomic E-state index is -3.50. The number of sulfonamides is 1. The van der Waals surface area contributed by atoms with E-state index in [-0.39, 0.29) is 11.4 Å². The van der Waals surface area contributed by atoms with Crippen molar-refractivity contribution in [3.63, 3.8) is 0 Å². The minimum absolute atomic E-state index is 0.0554. The van der Waals surface area contributed by atoms with Crippen LogP contribution in [0.1, 0.15) is 12.5 Å². The summed E-state index contributed by atoms with van der Waals surface area (Å²) in [6, 6.07) is 11.3. The maximum atomic E-state index is 11.4. The van der Waals surface area contributed by atoms with Gasteiger partial charge in [0.2, 0.25) is 10.0 Å². The maximum absolute atomic E-state index is 11.4. The van der Waals surface area contributed by atoms with Gasteiger partial charge in [-0.15, -0.1) is 16.9 Å². The summed E-state index contributed by atoms with van der Waals surface area (Å²) in [4.78, 5) is 0. The molecule has 6 nitrogen and oxygen atoms in total. The van der Waals surface area contributed by atoms with E-state index in [0.29, 0.717) is 5.03 Å². The van der Waals surface area contributed by atoms with E-state index in [1.165, 1.54) is 11.8 Å². The quantitative estimate of drug-likeness (QED) is 0.853. The molecule has 0 radical (unpaired) electrons. The summed E-state index contributed by atoms with van der Waals surface area (Å²) in [6.07, 6.45) is 1.03. The lowest BCUT2D eigenvalue weighted by Crippen LogP contribution is -2.11. The third kappa shape index (κ3) is 3.56. The predicted octanol–water partition coefficient (Wildman–Crippen LogP) is 2.23. The highest BCUT2D eigenvalue weighted by Crippen LogP contribution is 2.30. The number of benzene rings is 1. The molecule has 1 heterocycles. The van der Waals surface area contributed by atoms with Crippen molar-refractivity contribution in [1.29, 1.82) is 5.26 Å². The summed E-state index contributed by atoms with van der Waals surface area (Å²) in [7, 11) is -3.50. The molecule has 21 heavy (non-hydrogen) atoms. The highest BCUT2D eigenvalue weighted by molar-refractivity contribution is 7.99. The minimum Gasteiger partial charge on any atom is -0.265 e. The number of thioether (sulfide) groups is 1. The van der Waals surface area contributed by atoms with Gasteiger partial charge < -0.3 is 0 Å². The molecule has 0 aliphatic carbocycles. The van der Waals surface area contributed by atoms with Gasteiger partial charge in [0.25, 0.3) is 0 Å². The van der Waals surface area contributed by atoms with Crippen molar-refractivity contribution in [3.05, 3.63) is 35.9 Å². The van der Waals surface area contributed by atoms with Crippen LogP contribution in [0.2, 0.25) is 0 Å². The van der Waals surface area contributed by atoms with Crippen LogP contribution in [0.5, 0.6) is 0 Å². The van der Waals surface area contributed by atoms with Crippen LogP contribution in [-0.4, -0.2) is 30.2 Å². The maximum Gasteiger partial charge on any atom is 0.231 e. The first-order valence-electron chi connectivity index (χ1n) is 6.15. The van der Waals surface area contributed by atoms with E-state index in [2.05, 4.69) is 9.82 Å². The van der Waals surface area contributed by atoms with Crippen LogP contribution in [0, 0.1) is 11.3 Å². The Balaban J connectivity index is 2.62. The average Bonchev–Trinajstić information content (AvgIpc) is 2.76. The first-order valence-corrected chi connectivity index (χ1v) is 9.03. The first kappa shape index (κ1) is 15.4. The van der Waals surface area contributed by atoms with Crippen LogP contribution in [-0.2, 0) is 10.0 Å². The molecule has 8 heteroatoms. The Morgan fingerprint density at radius 1 is 1.38 bits per heavy atom. The van der Waals surface area contributed by atoms with Gasteiger partial charge in [-0.25, -0.2) is 13.1 Å². The Morgan fingerprint density at radius 3 is 2.57 bits per heavy atom. The molecule has 0 unspecified atom stereocenters. The molecule has 0 saturated heterocycles. The lowest BCUT2D eigenvalue weighted by Gasteiger charge is -2.05. The summed E-state index contributed by atoms with van der Waals surface area (Å²) < 4.78 is 26.7. The number of nitrogens with zero attached hydrogens (tertiary/aromatic N) is 3. The molecule has 0 bridgehead atoms. The van der Waals surface area contributed by atoms with Gasteiger partial charge in [0.15, 0.2) is 5.82 Å². The predicted molar refractivity (Wildman–Crippen MR) is 83.1 cm³/mol. The summed E-state index contributed by atoms with van der Waals surface area (Å²) in [5, 5.41) is 14.2. The molecule has 1 aromatic heterocycles. The number of nitriles is 1. The van der Waals surface area contributed by atoms with E-state index in [4.69, 9.17) is 0 Å². The Bertz CT molecular complexity index is 776. The Kier molecular flexibility index (Phi) is 4.55. The molecule has 110 valence electrons. The zero-order valence-corrected chi connectivity index (χ0v) is 13.2. The Hall–Kier alpha value is -1.98. The third-order valence-electron chi connectivity index (χ3n) is 2.52. The molecule has 0 atom stereocenters.